The Morgan fingerprint density at radius 2 is 1.83 bits per heavy atom. The minimum Gasteiger partial charge on any atom is -0.339 e. The lowest BCUT2D eigenvalue weighted by atomic mass is 10.1. The maximum atomic E-state index is 12.3. The zero-order valence-corrected chi connectivity index (χ0v) is 18.3. The standard InChI is InChI=1S/C20H27N5O2.2ClH/c1-15-2-6-17(7-3-15)20-22-18(27-23-20)14-24-8-10-25(11-9-24)19(26)13-21-12-16-4-5-16;;/h2-3,6-7,16,21H,4-5,8-14H2,1H3;2*1H. The number of nitrogens with zero attached hydrogens (tertiary/aromatic N) is 4. The molecule has 0 bridgehead atoms. The zero-order valence-electron chi connectivity index (χ0n) is 16.7. The van der Waals surface area contributed by atoms with Crippen LogP contribution in [0.15, 0.2) is 28.8 Å². The summed E-state index contributed by atoms with van der Waals surface area (Å²) in [7, 11) is 0. The molecule has 160 valence electrons. The first-order chi connectivity index (χ1) is 13.2. The summed E-state index contributed by atoms with van der Waals surface area (Å²) in [6, 6.07) is 8.10. The summed E-state index contributed by atoms with van der Waals surface area (Å²) >= 11 is 0. The van der Waals surface area contributed by atoms with E-state index in [9.17, 15) is 4.79 Å². The third-order valence-electron chi connectivity index (χ3n) is 5.27. The van der Waals surface area contributed by atoms with E-state index in [4.69, 9.17) is 4.52 Å². The second-order valence-corrected chi connectivity index (χ2v) is 7.61. The Kier molecular flexibility index (Phi) is 8.89. The zero-order chi connectivity index (χ0) is 18.6. The molecule has 1 N–H and O–H groups in total. The van der Waals surface area contributed by atoms with Crippen molar-refractivity contribution in [2.75, 3.05) is 39.3 Å². The summed E-state index contributed by atoms with van der Waals surface area (Å²) in [5.41, 5.74) is 2.17. The summed E-state index contributed by atoms with van der Waals surface area (Å²) in [5, 5.41) is 7.37. The summed E-state index contributed by atoms with van der Waals surface area (Å²) < 4.78 is 5.41. The number of hydrogen-bond donors (Lipinski definition) is 1. The lowest BCUT2D eigenvalue weighted by Gasteiger charge is -2.34. The van der Waals surface area contributed by atoms with Crippen LogP contribution in [0.5, 0.6) is 0 Å². The van der Waals surface area contributed by atoms with Crippen molar-refractivity contribution in [2.45, 2.75) is 26.3 Å². The monoisotopic (exact) mass is 441 g/mol. The smallest absolute Gasteiger partial charge is 0.241 e. The van der Waals surface area contributed by atoms with Crippen LogP contribution >= 0.6 is 24.8 Å². The second-order valence-electron chi connectivity index (χ2n) is 7.61. The van der Waals surface area contributed by atoms with Gasteiger partial charge in [0.05, 0.1) is 13.1 Å². The minimum absolute atomic E-state index is 0. The van der Waals surface area contributed by atoms with Gasteiger partial charge in [0.1, 0.15) is 0 Å². The highest BCUT2D eigenvalue weighted by atomic mass is 35.5. The van der Waals surface area contributed by atoms with E-state index >= 15 is 0 Å². The Labute approximate surface area is 184 Å². The average molecular weight is 442 g/mol. The number of carbonyl (C=O) groups excluding carboxylic acids is 1. The molecule has 2 fully saturated rings. The summed E-state index contributed by atoms with van der Waals surface area (Å²) in [6.07, 6.45) is 2.61. The van der Waals surface area contributed by atoms with Crippen molar-refractivity contribution < 1.29 is 9.32 Å². The van der Waals surface area contributed by atoms with Gasteiger partial charge in [-0.1, -0.05) is 35.0 Å². The van der Waals surface area contributed by atoms with Crippen LogP contribution in [0.4, 0.5) is 0 Å². The van der Waals surface area contributed by atoms with Gasteiger partial charge in [0, 0.05) is 31.7 Å². The molecule has 0 spiro atoms. The Morgan fingerprint density at radius 1 is 1.14 bits per heavy atom. The van der Waals surface area contributed by atoms with Crippen LogP contribution in [0.25, 0.3) is 11.4 Å². The Bertz CT molecular complexity index is 771. The van der Waals surface area contributed by atoms with Crippen LogP contribution in [0.1, 0.15) is 24.3 Å². The number of piperazine rings is 1. The predicted octanol–water partition coefficient (Wildman–Crippen LogP) is 2.53. The fraction of sp³-hybridized carbons (Fsp3) is 0.550. The fourth-order valence-corrected chi connectivity index (χ4v) is 3.30. The number of hydrogen-bond acceptors (Lipinski definition) is 6. The number of rotatable bonds is 7. The van der Waals surface area contributed by atoms with Crippen LogP contribution < -0.4 is 5.32 Å². The van der Waals surface area contributed by atoms with Gasteiger partial charge < -0.3 is 14.7 Å². The van der Waals surface area contributed by atoms with Gasteiger partial charge in [-0.25, -0.2) is 0 Å². The predicted molar refractivity (Wildman–Crippen MR) is 116 cm³/mol. The molecule has 4 rings (SSSR count). The van der Waals surface area contributed by atoms with Crippen LogP contribution in [-0.2, 0) is 11.3 Å². The van der Waals surface area contributed by atoms with Gasteiger partial charge in [-0.05, 0) is 32.2 Å². The van der Waals surface area contributed by atoms with Crippen LogP contribution in [-0.4, -0.2) is 65.1 Å². The third kappa shape index (κ3) is 6.67. The van der Waals surface area contributed by atoms with Crippen molar-refractivity contribution in [1.29, 1.82) is 0 Å². The van der Waals surface area contributed by atoms with E-state index in [-0.39, 0.29) is 30.7 Å². The molecule has 7 nitrogen and oxygen atoms in total. The number of aromatic nitrogens is 2. The molecule has 1 aliphatic heterocycles. The number of carbonyl (C=O) groups is 1. The van der Waals surface area contributed by atoms with Gasteiger partial charge in [-0.15, -0.1) is 24.8 Å². The summed E-state index contributed by atoms with van der Waals surface area (Å²) in [5.74, 6) is 2.25. The molecule has 1 aromatic carbocycles. The average Bonchev–Trinajstić information content (AvgIpc) is 3.39. The summed E-state index contributed by atoms with van der Waals surface area (Å²) in [6.45, 7) is 7.28. The quantitative estimate of drug-likeness (QED) is 0.711. The molecular formula is C20H29Cl2N5O2. The molecule has 0 atom stereocenters. The number of aryl methyl sites for hydroxylation is 1. The van der Waals surface area contributed by atoms with Crippen LogP contribution in [0.3, 0.4) is 0 Å². The molecule has 1 aromatic heterocycles. The van der Waals surface area contributed by atoms with E-state index in [1.54, 1.807) is 0 Å². The molecule has 1 saturated carbocycles. The van der Waals surface area contributed by atoms with Crippen molar-refractivity contribution in [3.63, 3.8) is 0 Å². The van der Waals surface area contributed by atoms with Gasteiger partial charge in [0.15, 0.2) is 0 Å². The number of halogens is 2. The molecule has 2 heterocycles. The molecule has 1 saturated heterocycles. The van der Waals surface area contributed by atoms with Crippen molar-refractivity contribution in [3.05, 3.63) is 35.7 Å². The highest BCUT2D eigenvalue weighted by Crippen LogP contribution is 2.27. The normalized spacial score (nSPS) is 16.8. The molecule has 29 heavy (non-hydrogen) atoms. The third-order valence-corrected chi connectivity index (χ3v) is 5.27. The van der Waals surface area contributed by atoms with Crippen molar-refractivity contribution in [3.8, 4) is 11.4 Å². The first-order valence-corrected chi connectivity index (χ1v) is 9.78. The highest BCUT2D eigenvalue weighted by Gasteiger charge is 2.24. The number of benzene rings is 1. The summed E-state index contributed by atoms with van der Waals surface area (Å²) in [4.78, 5) is 21.0. The molecule has 9 heteroatoms. The largest absolute Gasteiger partial charge is 0.339 e. The molecule has 1 amide bonds. The maximum Gasteiger partial charge on any atom is 0.241 e. The van der Waals surface area contributed by atoms with Crippen LogP contribution in [0.2, 0.25) is 0 Å². The Balaban J connectivity index is 0.00000150. The van der Waals surface area contributed by atoms with Gasteiger partial charge >= 0.3 is 0 Å². The molecule has 0 unspecified atom stereocenters. The van der Waals surface area contributed by atoms with E-state index in [1.165, 1.54) is 18.4 Å². The van der Waals surface area contributed by atoms with Crippen molar-refractivity contribution in [1.82, 2.24) is 25.3 Å². The number of amides is 1. The fourth-order valence-electron chi connectivity index (χ4n) is 3.30. The first kappa shape index (κ1) is 23.6. The van der Waals surface area contributed by atoms with Crippen LogP contribution in [0, 0.1) is 12.8 Å². The maximum absolute atomic E-state index is 12.3. The lowest BCUT2D eigenvalue weighted by molar-refractivity contribution is -0.132. The SMILES string of the molecule is Cc1ccc(-c2noc(CN3CCN(C(=O)CNCC4CC4)CC3)n2)cc1.Cl.Cl. The van der Waals surface area contributed by atoms with E-state index < -0.39 is 0 Å². The molecule has 2 aliphatic rings. The van der Waals surface area contributed by atoms with Crippen molar-refractivity contribution >= 4 is 30.7 Å². The minimum atomic E-state index is 0. The van der Waals surface area contributed by atoms with E-state index in [2.05, 4.69) is 27.3 Å². The first-order valence-electron chi connectivity index (χ1n) is 9.78. The van der Waals surface area contributed by atoms with E-state index in [0.29, 0.717) is 24.8 Å². The molecular weight excluding hydrogens is 413 g/mol. The van der Waals surface area contributed by atoms with Gasteiger partial charge in [0.2, 0.25) is 17.6 Å². The Hall–Kier alpha value is -1.67. The molecule has 1 aliphatic carbocycles. The van der Waals surface area contributed by atoms with Crippen molar-refractivity contribution in [2.24, 2.45) is 5.92 Å². The molecule has 2 aromatic rings. The highest BCUT2D eigenvalue weighted by molar-refractivity contribution is 5.85. The van der Waals surface area contributed by atoms with E-state index in [1.807, 2.05) is 29.2 Å². The van der Waals surface area contributed by atoms with Gasteiger partial charge in [-0.2, -0.15) is 4.98 Å². The lowest BCUT2D eigenvalue weighted by Crippen LogP contribution is -2.50. The second kappa shape index (κ2) is 10.9. The van der Waals surface area contributed by atoms with E-state index in [0.717, 1.165) is 44.2 Å². The topological polar surface area (TPSA) is 74.5 Å². The molecule has 0 radical (unpaired) electrons. The Morgan fingerprint density at radius 3 is 2.48 bits per heavy atom. The number of nitrogens with one attached hydrogen (secondary N) is 1. The van der Waals surface area contributed by atoms with Gasteiger partial charge in [-0.3, -0.25) is 9.69 Å². The van der Waals surface area contributed by atoms with Gasteiger partial charge in [0.25, 0.3) is 0 Å².